The number of rotatable bonds is 4. The van der Waals surface area contributed by atoms with Crippen molar-refractivity contribution in [3.8, 4) is 0 Å². The summed E-state index contributed by atoms with van der Waals surface area (Å²) >= 11 is 0. The van der Waals surface area contributed by atoms with Gasteiger partial charge in [0.05, 0.1) is 0 Å². The normalized spacial score (nSPS) is 10.8. The van der Waals surface area contributed by atoms with Gasteiger partial charge in [-0.1, -0.05) is 51.5 Å². The third-order valence-corrected chi connectivity index (χ3v) is 2.04. The largest absolute Gasteiger partial charge is 0.0651 e. The molecule has 0 aromatic heterocycles. The Morgan fingerprint density at radius 2 is 1.77 bits per heavy atom. The van der Waals surface area contributed by atoms with Crippen molar-refractivity contribution in [3.05, 3.63) is 41.8 Å². The van der Waals surface area contributed by atoms with Crippen LogP contribution in [0.3, 0.4) is 0 Å². The molecule has 1 rings (SSSR count). The maximum absolute atomic E-state index is 2.29. The highest BCUT2D eigenvalue weighted by Gasteiger charge is 1.97. The molecule has 13 heavy (non-hydrogen) atoms. The molecule has 0 aliphatic carbocycles. The molecular formula is C13H19. The van der Waals surface area contributed by atoms with Crippen molar-refractivity contribution >= 4 is 0 Å². The van der Waals surface area contributed by atoms with Gasteiger partial charge in [0.2, 0.25) is 0 Å². The summed E-state index contributed by atoms with van der Waals surface area (Å²) < 4.78 is 0. The molecule has 0 unspecified atom stereocenters. The van der Waals surface area contributed by atoms with E-state index in [4.69, 9.17) is 0 Å². The molecule has 0 heteroatoms. The van der Waals surface area contributed by atoms with Crippen LogP contribution in [0.5, 0.6) is 0 Å². The third-order valence-electron chi connectivity index (χ3n) is 2.04. The SMILES string of the molecule is CCCc1ccc([CH]C(C)C)cc1. The highest BCUT2D eigenvalue weighted by atomic mass is 14.0. The lowest BCUT2D eigenvalue weighted by Gasteiger charge is -2.05. The Morgan fingerprint density at radius 3 is 2.23 bits per heavy atom. The van der Waals surface area contributed by atoms with Crippen LogP contribution in [0.15, 0.2) is 24.3 Å². The highest BCUT2D eigenvalue weighted by Crippen LogP contribution is 2.12. The Balaban J connectivity index is 2.59. The van der Waals surface area contributed by atoms with Crippen LogP contribution >= 0.6 is 0 Å². The number of aryl methyl sites for hydroxylation is 1. The minimum absolute atomic E-state index is 0.636. The van der Waals surface area contributed by atoms with Gasteiger partial charge in [0, 0.05) is 0 Å². The van der Waals surface area contributed by atoms with Crippen LogP contribution in [-0.2, 0) is 6.42 Å². The molecule has 0 aliphatic heterocycles. The Hall–Kier alpha value is -0.780. The van der Waals surface area contributed by atoms with E-state index < -0.39 is 0 Å². The second-order valence-electron chi connectivity index (χ2n) is 3.90. The fourth-order valence-corrected chi connectivity index (χ4v) is 1.47. The molecule has 1 aromatic carbocycles. The molecule has 0 amide bonds. The quantitative estimate of drug-likeness (QED) is 0.652. The topological polar surface area (TPSA) is 0 Å². The summed E-state index contributed by atoms with van der Waals surface area (Å²) in [5.74, 6) is 0.636. The summed E-state index contributed by atoms with van der Waals surface area (Å²) in [6.07, 6.45) is 4.71. The van der Waals surface area contributed by atoms with Crippen LogP contribution in [0.1, 0.15) is 38.3 Å². The van der Waals surface area contributed by atoms with E-state index in [1.165, 1.54) is 24.0 Å². The molecule has 71 valence electrons. The average Bonchev–Trinajstić information content (AvgIpc) is 2.08. The summed E-state index contributed by atoms with van der Waals surface area (Å²) in [6, 6.07) is 8.89. The van der Waals surface area contributed by atoms with E-state index in [0.29, 0.717) is 5.92 Å². The predicted octanol–water partition coefficient (Wildman–Crippen LogP) is 3.85. The van der Waals surface area contributed by atoms with Gasteiger partial charge >= 0.3 is 0 Å². The number of benzene rings is 1. The van der Waals surface area contributed by atoms with Crippen molar-refractivity contribution in [2.24, 2.45) is 5.92 Å². The van der Waals surface area contributed by atoms with Crippen molar-refractivity contribution in [3.63, 3.8) is 0 Å². The van der Waals surface area contributed by atoms with Crippen LogP contribution < -0.4 is 0 Å². The monoisotopic (exact) mass is 175 g/mol. The molecule has 0 aliphatic rings. The standard InChI is InChI=1S/C13H19/c1-4-5-12-6-8-13(9-7-12)10-11(2)3/h6-11H,4-5H2,1-3H3. The van der Waals surface area contributed by atoms with Crippen molar-refractivity contribution in [1.82, 2.24) is 0 Å². The van der Waals surface area contributed by atoms with Crippen molar-refractivity contribution in [1.29, 1.82) is 0 Å². The van der Waals surface area contributed by atoms with E-state index in [9.17, 15) is 0 Å². The van der Waals surface area contributed by atoms with Crippen LogP contribution in [0.4, 0.5) is 0 Å². The van der Waals surface area contributed by atoms with Crippen LogP contribution in [-0.4, -0.2) is 0 Å². The van der Waals surface area contributed by atoms with E-state index in [1.807, 2.05) is 0 Å². The Bertz CT molecular complexity index is 231. The minimum atomic E-state index is 0.636. The van der Waals surface area contributed by atoms with Gasteiger partial charge in [0.25, 0.3) is 0 Å². The molecule has 1 aromatic rings. The molecule has 0 saturated heterocycles. The van der Waals surface area contributed by atoms with E-state index in [0.717, 1.165) is 0 Å². The van der Waals surface area contributed by atoms with E-state index in [-0.39, 0.29) is 0 Å². The van der Waals surface area contributed by atoms with E-state index in [2.05, 4.69) is 51.5 Å². The average molecular weight is 175 g/mol. The van der Waals surface area contributed by atoms with E-state index >= 15 is 0 Å². The first-order valence-electron chi connectivity index (χ1n) is 5.16. The van der Waals surface area contributed by atoms with Crippen LogP contribution in [0.2, 0.25) is 0 Å². The van der Waals surface area contributed by atoms with Gasteiger partial charge in [-0.25, -0.2) is 0 Å². The fraction of sp³-hybridized carbons (Fsp3) is 0.462. The maximum atomic E-state index is 2.29. The molecule has 0 bridgehead atoms. The Morgan fingerprint density at radius 1 is 1.15 bits per heavy atom. The Kier molecular flexibility index (Phi) is 4.01. The van der Waals surface area contributed by atoms with Gasteiger partial charge in [0.1, 0.15) is 0 Å². The second kappa shape index (κ2) is 5.06. The summed E-state index contributed by atoms with van der Waals surface area (Å²) in [7, 11) is 0. The smallest absolute Gasteiger partial charge is 0.00676 e. The zero-order chi connectivity index (χ0) is 9.68. The first kappa shape index (κ1) is 10.3. The summed E-state index contributed by atoms with van der Waals surface area (Å²) in [5.41, 5.74) is 2.79. The lowest BCUT2D eigenvalue weighted by Crippen LogP contribution is -1.91. The Labute approximate surface area is 82.0 Å². The lowest BCUT2D eigenvalue weighted by atomic mass is 10.0. The fourth-order valence-electron chi connectivity index (χ4n) is 1.47. The van der Waals surface area contributed by atoms with Crippen molar-refractivity contribution in [2.45, 2.75) is 33.6 Å². The summed E-state index contributed by atoms with van der Waals surface area (Å²) in [6.45, 7) is 6.63. The highest BCUT2D eigenvalue weighted by molar-refractivity contribution is 5.27. The molecule has 0 spiro atoms. The van der Waals surface area contributed by atoms with Gasteiger partial charge in [0.15, 0.2) is 0 Å². The molecule has 0 fully saturated rings. The third kappa shape index (κ3) is 3.63. The first-order valence-corrected chi connectivity index (χ1v) is 5.16. The molecular weight excluding hydrogens is 156 g/mol. The van der Waals surface area contributed by atoms with E-state index in [1.54, 1.807) is 0 Å². The van der Waals surface area contributed by atoms with Gasteiger partial charge in [-0.3, -0.25) is 0 Å². The first-order chi connectivity index (χ1) is 6.22. The molecule has 0 saturated carbocycles. The molecule has 0 N–H and O–H groups in total. The number of hydrogen-bond donors (Lipinski definition) is 0. The summed E-state index contributed by atoms with van der Waals surface area (Å²) in [5, 5.41) is 0. The summed E-state index contributed by atoms with van der Waals surface area (Å²) in [4.78, 5) is 0. The van der Waals surface area contributed by atoms with Crippen LogP contribution in [0, 0.1) is 12.3 Å². The number of hydrogen-bond acceptors (Lipinski definition) is 0. The molecule has 0 atom stereocenters. The zero-order valence-electron chi connectivity index (χ0n) is 8.88. The van der Waals surface area contributed by atoms with Gasteiger partial charge in [-0.05, 0) is 29.9 Å². The van der Waals surface area contributed by atoms with Gasteiger partial charge < -0.3 is 0 Å². The van der Waals surface area contributed by atoms with Gasteiger partial charge in [-0.15, -0.1) is 0 Å². The molecule has 0 heterocycles. The predicted molar refractivity (Wildman–Crippen MR) is 58.7 cm³/mol. The molecule has 0 nitrogen and oxygen atoms in total. The molecule has 1 radical (unpaired) electrons. The second-order valence-corrected chi connectivity index (χ2v) is 3.90. The van der Waals surface area contributed by atoms with Crippen LogP contribution in [0.25, 0.3) is 0 Å². The maximum Gasteiger partial charge on any atom is -0.00676 e. The lowest BCUT2D eigenvalue weighted by molar-refractivity contribution is 0.776. The zero-order valence-corrected chi connectivity index (χ0v) is 8.88. The van der Waals surface area contributed by atoms with Crippen molar-refractivity contribution in [2.75, 3.05) is 0 Å². The van der Waals surface area contributed by atoms with Crippen molar-refractivity contribution < 1.29 is 0 Å². The minimum Gasteiger partial charge on any atom is -0.0651 e. The van der Waals surface area contributed by atoms with Gasteiger partial charge in [-0.2, -0.15) is 0 Å².